The maximum Gasteiger partial charge on any atom is 0.332 e. The van der Waals surface area contributed by atoms with Crippen LogP contribution >= 0.6 is 15.9 Å². The van der Waals surface area contributed by atoms with Crippen molar-refractivity contribution in [1.82, 2.24) is 23.1 Å². The quantitative estimate of drug-likeness (QED) is 0.407. The number of hydrogen-bond acceptors (Lipinski definition) is 4. The maximum absolute atomic E-state index is 13.3. The summed E-state index contributed by atoms with van der Waals surface area (Å²) in [7, 11) is 1.61. The molecule has 3 heterocycles. The average Bonchev–Trinajstić information content (AvgIpc) is 3.35. The van der Waals surface area contributed by atoms with Gasteiger partial charge in [0, 0.05) is 42.1 Å². The van der Waals surface area contributed by atoms with E-state index in [2.05, 4.69) is 15.9 Å². The fourth-order valence-electron chi connectivity index (χ4n) is 3.98. The summed E-state index contributed by atoms with van der Waals surface area (Å²) < 4.78 is 7.22. The number of benzene rings is 2. The van der Waals surface area contributed by atoms with Gasteiger partial charge in [-0.15, -0.1) is 0 Å². The minimum atomic E-state index is -0.449. The van der Waals surface area contributed by atoms with Crippen molar-refractivity contribution in [1.29, 1.82) is 0 Å². The van der Waals surface area contributed by atoms with E-state index in [1.54, 1.807) is 11.4 Å². The van der Waals surface area contributed by atoms with E-state index in [0.29, 0.717) is 23.4 Å². The van der Waals surface area contributed by atoms with Crippen LogP contribution in [-0.2, 0) is 13.6 Å². The molecule has 0 fully saturated rings. The van der Waals surface area contributed by atoms with Gasteiger partial charge in [0.15, 0.2) is 11.2 Å². The van der Waals surface area contributed by atoms with Gasteiger partial charge >= 0.3 is 5.69 Å². The third-order valence-electron chi connectivity index (χ3n) is 5.54. The Morgan fingerprint density at radius 2 is 1.75 bits per heavy atom. The molecular formula is C23H20BrN5O3. The van der Waals surface area contributed by atoms with Gasteiger partial charge in [-0.05, 0) is 30.7 Å². The van der Waals surface area contributed by atoms with E-state index in [0.717, 1.165) is 26.0 Å². The first kappa shape index (κ1) is 20.5. The Hall–Kier alpha value is -3.43. The molecule has 0 saturated carbocycles. The normalized spacial score (nSPS) is 11.6. The van der Waals surface area contributed by atoms with Gasteiger partial charge in [0.25, 0.3) is 5.56 Å². The standard InChI is InChI=1S/C23H20BrN5O3/c1-26-20-19(21(31)27(23(26)32)12-5-13-30)28-14-18(15-6-3-2-4-7-15)29(22(28)25-20)17-10-8-16(24)9-11-17/h2-4,6-11,14,30H,5,12-13H2,1H3. The highest BCUT2D eigenvalue weighted by Gasteiger charge is 2.22. The van der Waals surface area contributed by atoms with Crippen LogP contribution in [0, 0.1) is 0 Å². The fourth-order valence-corrected chi connectivity index (χ4v) is 4.24. The second-order valence-electron chi connectivity index (χ2n) is 7.52. The molecule has 0 spiro atoms. The van der Waals surface area contributed by atoms with E-state index in [9.17, 15) is 14.7 Å². The van der Waals surface area contributed by atoms with E-state index in [4.69, 9.17) is 4.98 Å². The number of aliphatic hydroxyl groups excluding tert-OH is 1. The molecule has 3 aromatic heterocycles. The third kappa shape index (κ3) is 3.12. The van der Waals surface area contributed by atoms with Crippen molar-refractivity contribution >= 4 is 32.9 Å². The minimum Gasteiger partial charge on any atom is -0.396 e. The topological polar surface area (TPSA) is 86.5 Å². The Bertz CT molecular complexity index is 1560. The predicted octanol–water partition coefficient (Wildman–Crippen LogP) is 2.95. The van der Waals surface area contributed by atoms with Crippen molar-refractivity contribution in [3.05, 3.63) is 86.1 Å². The zero-order valence-electron chi connectivity index (χ0n) is 17.3. The van der Waals surface area contributed by atoms with Crippen molar-refractivity contribution in [2.24, 2.45) is 7.05 Å². The molecule has 5 aromatic rings. The second-order valence-corrected chi connectivity index (χ2v) is 8.44. The van der Waals surface area contributed by atoms with Gasteiger partial charge in [-0.3, -0.25) is 22.9 Å². The van der Waals surface area contributed by atoms with Crippen LogP contribution in [0.5, 0.6) is 0 Å². The Balaban J connectivity index is 1.90. The van der Waals surface area contributed by atoms with Gasteiger partial charge in [0.2, 0.25) is 5.78 Å². The largest absolute Gasteiger partial charge is 0.396 e. The first-order valence-corrected chi connectivity index (χ1v) is 11.0. The summed E-state index contributed by atoms with van der Waals surface area (Å²) >= 11 is 3.48. The number of aryl methyl sites for hydroxylation is 1. The monoisotopic (exact) mass is 493 g/mol. The molecule has 0 aliphatic carbocycles. The van der Waals surface area contributed by atoms with Crippen molar-refractivity contribution in [3.8, 4) is 16.9 Å². The summed E-state index contributed by atoms with van der Waals surface area (Å²) in [4.78, 5) is 30.8. The van der Waals surface area contributed by atoms with Crippen molar-refractivity contribution < 1.29 is 5.11 Å². The molecule has 2 aromatic carbocycles. The molecule has 0 aliphatic heterocycles. The summed E-state index contributed by atoms with van der Waals surface area (Å²) in [5.41, 5.74) is 2.50. The average molecular weight is 494 g/mol. The molecule has 0 aliphatic rings. The molecule has 0 atom stereocenters. The molecule has 0 amide bonds. The number of fused-ring (bicyclic) bond motifs is 3. The van der Waals surface area contributed by atoms with Crippen molar-refractivity contribution in [2.45, 2.75) is 13.0 Å². The van der Waals surface area contributed by atoms with Gasteiger partial charge < -0.3 is 5.11 Å². The SMILES string of the molecule is Cn1c(=O)n(CCCO)c(=O)c2c1nc1n(-c3ccc(Br)cc3)c(-c3ccccc3)cn21. The highest BCUT2D eigenvalue weighted by molar-refractivity contribution is 9.10. The van der Waals surface area contributed by atoms with Crippen LogP contribution in [0.3, 0.4) is 0 Å². The van der Waals surface area contributed by atoms with Gasteiger partial charge in [-0.2, -0.15) is 4.98 Å². The highest BCUT2D eigenvalue weighted by atomic mass is 79.9. The van der Waals surface area contributed by atoms with Crippen LogP contribution in [0.4, 0.5) is 0 Å². The molecule has 1 N–H and O–H groups in total. The van der Waals surface area contributed by atoms with Crippen molar-refractivity contribution in [2.75, 3.05) is 6.61 Å². The minimum absolute atomic E-state index is 0.104. The number of rotatable bonds is 5. The van der Waals surface area contributed by atoms with Crippen LogP contribution in [0.2, 0.25) is 0 Å². The molecule has 0 bridgehead atoms. The Kier molecular flexibility index (Phi) is 5.07. The number of imidazole rings is 2. The lowest BCUT2D eigenvalue weighted by molar-refractivity contribution is 0.277. The lowest BCUT2D eigenvalue weighted by Crippen LogP contribution is -2.39. The fraction of sp³-hybridized carbons (Fsp3) is 0.174. The zero-order valence-corrected chi connectivity index (χ0v) is 18.9. The van der Waals surface area contributed by atoms with E-state index in [-0.39, 0.29) is 13.2 Å². The number of aliphatic hydroxyl groups is 1. The van der Waals surface area contributed by atoms with Gasteiger partial charge in [0.05, 0.1) is 5.69 Å². The lowest BCUT2D eigenvalue weighted by Gasteiger charge is -2.09. The predicted molar refractivity (Wildman–Crippen MR) is 126 cm³/mol. The molecule has 0 radical (unpaired) electrons. The van der Waals surface area contributed by atoms with Crippen LogP contribution in [0.1, 0.15) is 6.42 Å². The molecule has 5 rings (SSSR count). The third-order valence-corrected chi connectivity index (χ3v) is 6.07. The molecule has 0 saturated heterocycles. The smallest absolute Gasteiger partial charge is 0.332 e. The van der Waals surface area contributed by atoms with E-state index in [1.165, 1.54) is 4.57 Å². The summed E-state index contributed by atoms with van der Waals surface area (Å²) in [6.07, 6.45) is 2.20. The van der Waals surface area contributed by atoms with E-state index < -0.39 is 11.2 Å². The van der Waals surface area contributed by atoms with E-state index in [1.807, 2.05) is 65.4 Å². The molecule has 8 nitrogen and oxygen atoms in total. The molecular weight excluding hydrogens is 474 g/mol. The Labute approximate surface area is 190 Å². The maximum atomic E-state index is 13.3. The second kappa shape index (κ2) is 7.92. The molecule has 162 valence electrons. The van der Waals surface area contributed by atoms with E-state index >= 15 is 0 Å². The Morgan fingerprint density at radius 1 is 1.03 bits per heavy atom. The van der Waals surface area contributed by atoms with Crippen LogP contribution in [-0.4, -0.2) is 34.8 Å². The summed E-state index contributed by atoms with van der Waals surface area (Å²) in [6, 6.07) is 17.7. The first-order chi connectivity index (χ1) is 15.5. The zero-order chi connectivity index (χ0) is 22.4. The molecule has 0 unspecified atom stereocenters. The van der Waals surface area contributed by atoms with Gasteiger partial charge in [-0.1, -0.05) is 46.3 Å². The van der Waals surface area contributed by atoms with Crippen LogP contribution in [0.15, 0.2) is 74.9 Å². The Morgan fingerprint density at radius 3 is 2.44 bits per heavy atom. The highest BCUT2D eigenvalue weighted by Crippen LogP contribution is 2.29. The van der Waals surface area contributed by atoms with Crippen LogP contribution in [0.25, 0.3) is 33.9 Å². The summed E-state index contributed by atoms with van der Waals surface area (Å²) in [6.45, 7) is 0.0394. The van der Waals surface area contributed by atoms with Gasteiger partial charge in [-0.25, -0.2) is 4.79 Å². The van der Waals surface area contributed by atoms with Gasteiger partial charge in [0.1, 0.15) is 0 Å². The van der Waals surface area contributed by atoms with Crippen LogP contribution < -0.4 is 11.2 Å². The molecule has 32 heavy (non-hydrogen) atoms. The summed E-state index contributed by atoms with van der Waals surface area (Å²) in [5.74, 6) is 0.535. The summed E-state index contributed by atoms with van der Waals surface area (Å²) in [5, 5.41) is 9.19. The number of nitrogens with zero attached hydrogens (tertiary/aromatic N) is 5. The number of halogens is 1. The number of aromatic nitrogens is 5. The number of hydrogen-bond donors (Lipinski definition) is 1. The first-order valence-electron chi connectivity index (χ1n) is 10.2. The van der Waals surface area contributed by atoms with Crippen molar-refractivity contribution in [3.63, 3.8) is 0 Å². The molecule has 9 heteroatoms. The lowest BCUT2D eigenvalue weighted by atomic mass is 10.1.